The number of thioether (sulfide) groups is 1. The number of carbonyl (C=O) groups is 2. The lowest BCUT2D eigenvalue weighted by Gasteiger charge is -2.06. The molecular weight excluding hydrogens is 462 g/mol. The topological polar surface area (TPSA) is 80.3 Å². The Balaban J connectivity index is 1.26. The third-order valence-electron chi connectivity index (χ3n) is 4.36. The lowest BCUT2D eigenvalue weighted by molar-refractivity contribution is -0.113. The van der Waals surface area contributed by atoms with Crippen LogP contribution in [0.1, 0.15) is 9.67 Å². The lowest BCUT2D eigenvalue weighted by Crippen LogP contribution is -2.13. The summed E-state index contributed by atoms with van der Waals surface area (Å²) < 4.78 is 5.17. The number of amides is 2. The standard InChI is InChI=1S/C23H19N3O3S3/c1-29-17-8-4-15(5-9-17)19-13-32-23(25-19)26-21(27)14-31-18-10-6-16(7-11-18)24-22(28)20-3-2-12-30-20/h2-13H,14H2,1H3,(H,24,28)(H,25,26,27). The first-order valence-corrected chi connectivity index (χ1v) is 12.3. The first-order valence-electron chi connectivity index (χ1n) is 9.58. The number of anilines is 2. The molecule has 4 aromatic rings. The molecule has 9 heteroatoms. The molecule has 2 heterocycles. The quantitative estimate of drug-likeness (QED) is 0.308. The zero-order valence-electron chi connectivity index (χ0n) is 17.0. The number of hydrogen-bond donors (Lipinski definition) is 2. The van der Waals surface area contributed by atoms with Crippen molar-refractivity contribution in [1.29, 1.82) is 0 Å². The molecule has 0 atom stereocenters. The van der Waals surface area contributed by atoms with Crippen molar-refractivity contribution in [3.05, 3.63) is 76.3 Å². The van der Waals surface area contributed by atoms with Gasteiger partial charge in [0.05, 0.1) is 23.4 Å². The Labute approximate surface area is 197 Å². The number of benzene rings is 2. The first kappa shape index (κ1) is 22.1. The second kappa shape index (κ2) is 10.4. The molecule has 0 aliphatic carbocycles. The monoisotopic (exact) mass is 481 g/mol. The van der Waals surface area contributed by atoms with Crippen molar-refractivity contribution in [2.75, 3.05) is 23.5 Å². The van der Waals surface area contributed by atoms with E-state index in [4.69, 9.17) is 4.74 Å². The number of thiazole rings is 1. The summed E-state index contributed by atoms with van der Waals surface area (Å²) in [5, 5.41) is 10.0. The maximum Gasteiger partial charge on any atom is 0.265 e. The molecule has 2 amide bonds. The van der Waals surface area contributed by atoms with Crippen molar-refractivity contribution in [2.45, 2.75) is 4.90 Å². The number of thiophene rings is 1. The normalized spacial score (nSPS) is 10.5. The zero-order valence-corrected chi connectivity index (χ0v) is 19.5. The Morgan fingerprint density at radius 2 is 1.78 bits per heavy atom. The van der Waals surface area contributed by atoms with Gasteiger partial charge in [-0.2, -0.15) is 0 Å². The minimum Gasteiger partial charge on any atom is -0.497 e. The molecular formula is C23H19N3O3S3. The van der Waals surface area contributed by atoms with Gasteiger partial charge >= 0.3 is 0 Å². The highest BCUT2D eigenvalue weighted by molar-refractivity contribution is 8.00. The summed E-state index contributed by atoms with van der Waals surface area (Å²) >= 11 is 4.21. The van der Waals surface area contributed by atoms with Crippen LogP contribution in [-0.4, -0.2) is 29.7 Å². The number of rotatable bonds is 8. The molecule has 0 spiro atoms. The van der Waals surface area contributed by atoms with Gasteiger partial charge in [-0.05, 0) is 60.0 Å². The summed E-state index contributed by atoms with van der Waals surface area (Å²) in [6.45, 7) is 0. The number of nitrogens with zero attached hydrogens (tertiary/aromatic N) is 1. The molecule has 32 heavy (non-hydrogen) atoms. The number of hydrogen-bond acceptors (Lipinski definition) is 7. The average molecular weight is 482 g/mol. The van der Waals surface area contributed by atoms with E-state index in [0.717, 1.165) is 21.9 Å². The Morgan fingerprint density at radius 3 is 2.47 bits per heavy atom. The van der Waals surface area contributed by atoms with Gasteiger partial charge in [-0.3, -0.25) is 9.59 Å². The third kappa shape index (κ3) is 5.76. The van der Waals surface area contributed by atoms with Crippen molar-refractivity contribution in [3.63, 3.8) is 0 Å². The van der Waals surface area contributed by atoms with Crippen molar-refractivity contribution in [1.82, 2.24) is 4.98 Å². The van der Waals surface area contributed by atoms with Gasteiger partial charge in [0, 0.05) is 21.5 Å². The fourth-order valence-electron chi connectivity index (χ4n) is 2.76. The molecule has 0 fully saturated rings. The summed E-state index contributed by atoms with van der Waals surface area (Å²) in [5.41, 5.74) is 2.48. The Morgan fingerprint density at radius 1 is 1.00 bits per heavy atom. The molecule has 0 aliphatic rings. The van der Waals surface area contributed by atoms with Gasteiger partial charge in [0.2, 0.25) is 5.91 Å². The van der Waals surface area contributed by atoms with E-state index in [2.05, 4.69) is 15.6 Å². The van der Waals surface area contributed by atoms with E-state index in [0.29, 0.717) is 15.7 Å². The molecule has 0 saturated carbocycles. The zero-order chi connectivity index (χ0) is 22.3. The van der Waals surface area contributed by atoms with Crippen LogP contribution in [0.15, 0.2) is 76.3 Å². The van der Waals surface area contributed by atoms with E-state index in [1.807, 2.05) is 65.4 Å². The van der Waals surface area contributed by atoms with Crippen LogP contribution >= 0.6 is 34.4 Å². The predicted molar refractivity (Wildman–Crippen MR) is 132 cm³/mol. The summed E-state index contributed by atoms with van der Waals surface area (Å²) in [7, 11) is 1.63. The molecule has 2 N–H and O–H groups in total. The van der Waals surface area contributed by atoms with E-state index in [1.165, 1.54) is 34.4 Å². The van der Waals surface area contributed by atoms with Crippen molar-refractivity contribution in [2.24, 2.45) is 0 Å². The van der Waals surface area contributed by atoms with Crippen LogP contribution in [0, 0.1) is 0 Å². The van der Waals surface area contributed by atoms with Gasteiger partial charge in [-0.15, -0.1) is 34.4 Å². The number of carbonyl (C=O) groups excluding carboxylic acids is 2. The molecule has 0 saturated heterocycles. The van der Waals surface area contributed by atoms with Gasteiger partial charge < -0.3 is 15.4 Å². The third-order valence-corrected chi connectivity index (χ3v) is 7.00. The number of nitrogens with one attached hydrogen (secondary N) is 2. The Hall–Kier alpha value is -3.14. The van der Waals surface area contributed by atoms with Crippen LogP contribution in [0.25, 0.3) is 11.3 Å². The molecule has 0 unspecified atom stereocenters. The highest BCUT2D eigenvalue weighted by Crippen LogP contribution is 2.27. The SMILES string of the molecule is COc1ccc(-c2csc(NC(=O)CSc3ccc(NC(=O)c4cccs4)cc3)n2)cc1. The fourth-order valence-corrected chi connectivity index (χ4v) is 4.82. The van der Waals surface area contributed by atoms with Crippen LogP contribution in [0.3, 0.4) is 0 Å². The maximum absolute atomic E-state index is 12.3. The second-order valence-electron chi connectivity index (χ2n) is 6.56. The van der Waals surface area contributed by atoms with Gasteiger partial charge in [0.1, 0.15) is 5.75 Å². The van der Waals surface area contributed by atoms with Crippen LogP contribution in [-0.2, 0) is 4.79 Å². The van der Waals surface area contributed by atoms with Crippen LogP contribution < -0.4 is 15.4 Å². The number of aromatic nitrogens is 1. The average Bonchev–Trinajstić information content (AvgIpc) is 3.51. The molecule has 2 aromatic carbocycles. The van der Waals surface area contributed by atoms with E-state index in [1.54, 1.807) is 13.2 Å². The first-order chi connectivity index (χ1) is 15.6. The van der Waals surface area contributed by atoms with Gasteiger partial charge in [-0.1, -0.05) is 6.07 Å². The van der Waals surface area contributed by atoms with Crippen molar-refractivity contribution >= 4 is 57.1 Å². The molecule has 162 valence electrons. The lowest BCUT2D eigenvalue weighted by atomic mass is 10.2. The Kier molecular flexibility index (Phi) is 7.21. The predicted octanol–water partition coefficient (Wildman–Crippen LogP) is 5.86. The minimum absolute atomic E-state index is 0.124. The van der Waals surface area contributed by atoms with Crippen LogP contribution in [0.5, 0.6) is 5.75 Å². The van der Waals surface area contributed by atoms with E-state index < -0.39 is 0 Å². The smallest absolute Gasteiger partial charge is 0.265 e. The Bertz CT molecular complexity index is 1190. The van der Waals surface area contributed by atoms with Gasteiger partial charge in [0.25, 0.3) is 5.91 Å². The fraction of sp³-hybridized carbons (Fsp3) is 0.0870. The number of ether oxygens (including phenoxy) is 1. The molecule has 2 aromatic heterocycles. The summed E-state index contributed by atoms with van der Waals surface area (Å²) in [6.07, 6.45) is 0. The molecule has 0 radical (unpaired) electrons. The highest BCUT2D eigenvalue weighted by atomic mass is 32.2. The van der Waals surface area contributed by atoms with E-state index in [-0.39, 0.29) is 17.6 Å². The number of methoxy groups -OCH3 is 1. The van der Waals surface area contributed by atoms with Gasteiger partial charge in [-0.25, -0.2) is 4.98 Å². The van der Waals surface area contributed by atoms with Crippen molar-refractivity contribution in [3.8, 4) is 17.0 Å². The largest absolute Gasteiger partial charge is 0.497 e. The van der Waals surface area contributed by atoms with E-state index in [9.17, 15) is 9.59 Å². The van der Waals surface area contributed by atoms with E-state index >= 15 is 0 Å². The molecule has 0 bridgehead atoms. The molecule has 0 aliphatic heterocycles. The summed E-state index contributed by atoms with van der Waals surface area (Å²) in [5.74, 6) is 0.795. The summed E-state index contributed by atoms with van der Waals surface area (Å²) in [4.78, 5) is 30.5. The maximum atomic E-state index is 12.3. The van der Waals surface area contributed by atoms with Crippen LogP contribution in [0.4, 0.5) is 10.8 Å². The molecule has 6 nitrogen and oxygen atoms in total. The van der Waals surface area contributed by atoms with Crippen molar-refractivity contribution < 1.29 is 14.3 Å². The highest BCUT2D eigenvalue weighted by Gasteiger charge is 2.10. The minimum atomic E-state index is -0.128. The summed E-state index contributed by atoms with van der Waals surface area (Å²) in [6, 6.07) is 18.7. The van der Waals surface area contributed by atoms with Gasteiger partial charge in [0.15, 0.2) is 5.13 Å². The van der Waals surface area contributed by atoms with Crippen LogP contribution in [0.2, 0.25) is 0 Å². The molecule has 4 rings (SSSR count). The second-order valence-corrected chi connectivity index (χ2v) is 9.41.